The zero-order valence-corrected chi connectivity index (χ0v) is 19.9. The van der Waals surface area contributed by atoms with Gasteiger partial charge in [-0.3, -0.25) is 9.79 Å². The van der Waals surface area contributed by atoms with Crippen LogP contribution < -0.4 is 10.6 Å². The van der Waals surface area contributed by atoms with Gasteiger partial charge in [-0.2, -0.15) is 0 Å². The van der Waals surface area contributed by atoms with Gasteiger partial charge in [0.15, 0.2) is 15.8 Å². The first kappa shape index (κ1) is 24.7. The second-order valence-corrected chi connectivity index (χ2v) is 9.15. The van der Waals surface area contributed by atoms with Crippen molar-refractivity contribution in [2.45, 2.75) is 38.8 Å². The van der Waals surface area contributed by atoms with Crippen LogP contribution in [0.25, 0.3) is 0 Å². The Bertz CT molecular complexity index is 766. The van der Waals surface area contributed by atoms with E-state index in [1.165, 1.54) is 11.1 Å². The van der Waals surface area contributed by atoms with Crippen molar-refractivity contribution in [3.05, 3.63) is 35.4 Å². The molecule has 1 saturated heterocycles. The predicted molar refractivity (Wildman–Crippen MR) is 124 cm³/mol. The monoisotopic (exact) mass is 522 g/mol. The molecule has 1 fully saturated rings. The SMILES string of the molecule is CCc1ccc(CN(C)C(=NC)NCCC(=O)NC2CCS(=O)(=O)C2)cc1.I. The second kappa shape index (κ2) is 11.6. The molecule has 0 aliphatic carbocycles. The Balaban J connectivity index is 0.00000392. The first-order valence-corrected chi connectivity index (χ1v) is 11.1. The molecule has 0 saturated carbocycles. The molecular formula is C19H31IN4O3S. The molecule has 0 spiro atoms. The molecule has 7 nitrogen and oxygen atoms in total. The van der Waals surface area contributed by atoms with Crippen LogP contribution in [0, 0.1) is 0 Å². The lowest BCUT2D eigenvalue weighted by Crippen LogP contribution is -2.41. The zero-order valence-electron chi connectivity index (χ0n) is 16.8. The molecule has 2 rings (SSSR count). The van der Waals surface area contributed by atoms with Crippen LogP contribution in [0.1, 0.15) is 30.9 Å². The first-order valence-electron chi connectivity index (χ1n) is 9.32. The lowest BCUT2D eigenvalue weighted by atomic mass is 10.1. The van der Waals surface area contributed by atoms with Crippen molar-refractivity contribution in [2.75, 3.05) is 32.1 Å². The molecule has 1 heterocycles. The fraction of sp³-hybridized carbons (Fsp3) is 0.579. The summed E-state index contributed by atoms with van der Waals surface area (Å²) in [5, 5.41) is 5.98. The summed E-state index contributed by atoms with van der Waals surface area (Å²) in [5.41, 5.74) is 2.50. The van der Waals surface area contributed by atoms with Crippen LogP contribution >= 0.6 is 24.0 Å². The topological polar surface area (TPSA) is 90.9 Å². The van der Waals surface area contributed by atoms with E-state index in [1.807, 2.05) is 11.9 Å². The standard InChI is InChI=1S/C19H30N4O3S.HI/c1-4-15-5-7-16(8-6-15)13-23(3)19(20-2)21-11-9-18(24)22-17-10-12-27(25,26)14-17;/h5-8,17H,4,9-14H2,1-3H3,(H,20,21)(H,22,24);1H. The van der Waals surface area contributed by atoms with Gasteiger partial charge in [0.25, 0.3) is 0 Å². The quantitative estimate of drug-likeness (QED) is 0.323. The van der Waals surface area contributed by atoms with Crippen molar-refractivity contribution < 1.29 is 13.2 Å². The Morgan fingerprint density at radius 2 is 1.89 bits per heavy atom. The number of sulfone groups is 1. The van der Waals surface area contributed by atoms with Crippen LogP contribution in [0.4, 0.5) is 0 Å². The summed E-state index contributed by atoms with van der Waals surface area (Å²) in [6.07, 6.45) is 1.80. The highest BCUT2D eigenvalue weighted by molar-refractivity contribution is 14.0. The minimum absolute atomic E-state index is 0. The van der Waals surface area contributed by atoms with E-state index in [0.717, 1.165) is 13.0 Å². The Hall–Kier alpha value is -1.36. The molecule has 1 aromatic carbocycles. The van der Waals surface area contributed by atoms with Gasteiger partial charge in [0.1, 0.15) is 0 Å². The van der Waals surface area contributed by atoms with Crippen LogP contribution in [-0.2, 0) is 27.6 Å². The Labute approximate surface area is 185 Å². The zero-order chi connectivity index (χ0) is 19.9. The third kappa shape index (κ3) is 7.94. The maximum atomic E-state index is 12.0. The molecule has 1 aromatic rings. The third-order valence-electron chi connectivity index (χ3n) is 4.66. The van der Waals surface area contributed by atoms with E-state index < -0.39 is 9.84 Å². The molecule has 9 heteroatoms. The summed E-state index contributed by atoms with van der Waals surface area (Å²) in [4.78, 5) is 18.3. The van der Waals surface area contributed by atoms with Gasteiger partial charge in [0.05, 0.1) is 11.5 Å². The van der Waals surface area contributed by atoms with Crippen molar-refractivity contribution >= 4 is 45.7 Å². The van der Waals surface area contributed by atoms with E-state index in [4.69, 9.17) is 0 Å². The van der Waals surface area contributed by atoms with Crippen LogP contribution in [0.5, 0.6) is 0 Å². The number of aliphatic imine (C=N–C) groups is 1. The lowest BCUT2D eigenvalue weighted by molar-refractivity contribution is -0.121. The minimum atomic E-state index is -2.98. The van der Waals surface area contributed by atoms with E-state index >= 15 is 0 Å². The summed E-state index contributed by atoms with van der Waals surface area (Å²) < 4.78 is 22.9. The summed E-state index contributed by atoms with van der Waals surface area (Å²) in [6, 6.07) is 8.24. The molecule has 28 heavy (non-hydrogen) atoms. The second-order valence-electron chi connectivity index (χ2n) is 6.92. The number of hydrogen-bond donors (Lipinski definition) is 2. The van der Waals surface area contributed by atoms with Gasteiger partial charge in [-0.1, -0.05) is 31.2 Å². The number of carbonyl (C=O) groups excluding carboxylic acids is 1. The number of nitrogens with one attached hydrogen (secondary N) is 2. The molecular weight excluding hydrogens is 491 g/mol. The summed E-state index contributed by atoms with van der Waals surface area (Å²) in [6.45, 7) is 3.29. The van der Waals surface area contributed by atoms with Crippen molar-refractivity contribution in [1.29, 1.82) is 0 Å². The van der Waals surface area contributed by atoms with E-state index in [9.17, 15) is 13.2 Å². The maximum absolute atomic E-state index is 12.0. The van der Waals surface area contributed by atoms with Crippen molar-refractivity contribution in [1.82, 2.24) is 15.5 Å². The Morgan fingerprint density at radius 3 is 2.43 bits per heavy atom. The molecule has 2 N–H and O–H groups in total. The van der Waals surface area contributed by atoms with E-state index in [-0.39, 0.29) is 53.9 Å². The van der Waals surface area contributed by atoms with Crippen LogP contribution in [0.15, 0.2) is 29.3 Å². The van der Waals surface area contributed by atoms with Gasteiger partial charge in [-0.05, 0) is 24.0 Å². The normalized spacial score (nSPS) is 18.2. The summed E-state index contributed by atoms with van der Waals surface area (Å²) >= 11 is 0. The van der Waals surface area contributed by atoms with Crippen LogP contribution in [0.3, 0.4) is 0 Å². The van der Waals surface area contributed by atoms with Gasteiger partial charge in [-0.15, -0.1) is 24.0 Å². The molecule has 1 unspecified atom stereocenters. The Kier molecular flexibility index (Phi) is 10.2. The van der Waals surface area contributed by atoms with E-state index in [1.54, 1.807) is 7.05 Å². The number of amides is 1. The van der Waals surface area contributed by atoms with Crippen molar-refractivity contribution in [2.24, 2.45) is 4.99 Å². The van der Waals surface area contributed by atoms with E-state index in [0.29, 0.717) is 18.9 Å². The lowest BCUT2D eigenvalue weighted by Gasteiger charge is -2.22. The number of aryl methyl sites for hydroxylation is 1. The molecule has 1 amide bonds. The average molecular weight is 522 g/mol. The molecule has 1 aliphatic rings. The highest BCUT2D eigenvalue weighted by Crippen LogP contribution is 2.11. The first-order chi connectivity index (χ1) is 12.8. The fourth-order valence-corrected chi connectivity index (χ4v) is 4.78. The number of nitrogens with zero attached hydrogens (tertiary/aromatic N) is 2. The molecule has 0 aromatic heterocycles. The van der Waals surface area contributed by atoms with Crippen molar-refractivity contribution in [3.63, 3.8) is 0 Å². The number of rotatable bonds is 7. The number of benzene rings is 1. The third-order valence-corrected chi connectivity index (χ3v) is 6.43. The largest absolute Gasteiger partial charge is 0.356 e. The average Bonchev–Trinajstić information content (AvgIpc) is 2.97. The summed E-state index contributed by atoms with van der Waals surface area (Å²) in [5.74, 6) is 0.781. The molecule has 1 atom stereocenters. The minimum Gasteiger partial charge on any atom is -0.356 e. The van der Waals surface area contributed by atoms with Crippen molar-refractivity contribution in [3.8, 4) is 0 Å². The van der Waals surface area contributed by atoms with Gasteiger partial charge in [0, 0.05) is 39.6 Å². The Morgan fingerprint density at radius 1 is 1.25 bits per heavy atom. The fourth-order valence-electron chi connectivity index (χ4n) is 3.11. The number of halogens is 1. The molecule has 1 aliphatic heterocycles. The van der Waals surface area contributed by atoms with Gasteiger partial charge >= 0.3 is 0 Å². The predicted octanol–water partition coefficient (Wildman–Crippen LogP) is 1.57. The molecule has 0 radical (unpaired) electrons. The highest BCUT2D eigenvalue weighted by Gasteiger charge is 2.28. The maximum Gasteiger partial charge on any atom is 0.222 e. The number of guanidine groups is 1. The van der Waals surface area contributed by atoms with Gasteiger partial charge in [0.2, 0.25) is 5.91 Å². The van der Waals surface area contributed by atoms with E-state index in [2.05, 4.69) is 46.8 Å². The highest BCUT2D eigenvalue weighted by atomic mass is 127. The van der Waals surface area contributed by atoms with Gasteiger partial charge < -0.3 is 15.5 Å². The van der Waals surface area contributed by atoms with Crippen LogP contribution in [-0.4, -0.2) is 63.4 Å². The molecule has 158 valence electrons. The van der Waals surface area contributed by atoms with Gasteiger partial charge in [-0.25, -0.2) is 8.42 Å². The smallest absolute Gasteiger partial charge is 0.222 e. The summed E-state index contributed by atoms with van der Waals surface area (Å²) in [7, 11) is 0.681. The van der Waals surface area contributed by atoms with Crippen LogP contribution in [0.2, 0.25) is 0 Å². The molecule has 0 bridgehead atoms. The number of carbonyl (C=O) groups is 1. The number of hydrogen-bond acceptors (Lipinski definition) is 4.